The van der Waals surface area contributed by atoms with Crippen molar-refractivity contribution in [3.8, 4) is 34.0 Å². The van der Waals surface area contributed by atoms with E-state index in [0.29, 0.717) is 11.5 Å². The van der Waals surface area contributed by atoms with Gasteiger partial charge in [0, 0.05) is 27.5 Å². The summed E-state index contributed by atoms with van der Waals surface area (Å²) in [6.45, 7) is 0. The number of benzene rings is 6. The molecule has 0 N–H and O–H groups in total. The Morgan fingerprint density at radius 2 is 1.10 bits per heavy atom. The van der Waals surface area contributed by atoms with Crippen molar-refractivity contribution >= 4 is 54.8 Å². The average molecular weight is 540 g/mol. The van der Waals surface area contributed by atoms with Crippen molar-refractivity contribution in [1.82, 2.24) is 15.0 Å². The van der Waals surface area contributed by atoms with E-state index in [1.165, 1.54) is 0 Å². The first-order valence-electron chi connectivity index (χ1n) is 13.9. The highest BCUT2D eigenvalue weighted by Gasteiger charge is 2.19. The van der Waals surface area contributed by atoms with Gasteiger partial charge in [0.25, 0.3) is 0 Å². The van der Waals surface area contributed by atoms with Gasteiger partial charge in [-0.1, -0.05) is 78.9 Å². The van der Waals surface area contributed by atoms with Gasteiger partial charge in [0.15, 0.2) is 16.7 Å². The molecule has 0 bridgehead atoms. The lowest BCUT2D eigenvalue weighted by Gasteiger charge is -2.11. The number of nitrogens with zero attached hydrogens (tertiary/aromatic N) is 3. The van der Waals surface area contributed by atoms with E-state index in [-0.39, 0.29) is 0 Å². The predicted molar refractivity (Wildman–Crippen MR) is 168 cm³/mol. The molecule has 0 radical (unpaired) electrons. The summed E-state index contributed by atoms with van der Waals surface area (Å²) in [5.41, 5.74) is 9.44. The maximum Gasteiger partial charge on any atom is 0.227 e. The van der Waals surface area contributed by atoms with Crippen LogP contribution >= 0.6 is 0 Å². The fraction of sp³-hybridized carbons (Fsp3) is 0. The van der Waals surface area contributed by atoms with Gasteiger partial charge in [-0.15, -0.1) is 0 Å². The average Bonchev–Trinajstić information content (AvgIpc) is 3.67. The summed E-state index contributed by atoms with van der Waals surface area (Å²) >= 11 is 0. The Labute approximate surface area is 239 Å². The first-order chi connectivity index (χ1) is 20.8. The van der Waals surface area contributed by atoms with Gasteiger partial charge in [-0.2, -0.15) is 0 Å². The second-order valence-electron chi connectivity index (χ2n) is 10.4. The van der Waals surface area contributed by atoms with Crippen LogP contribution in [0.15, 0.2) is 136 Å². The van der Waals surface area contributed by atoms with Crippen LogP contribution < -0.4 is 0 Å². The molecular weight excluding hydrogens is 518 g/mol. The number of aromatic nitrogens is 3. The fourth-order valence-electron chi connectivity index (χ4n) is 5.90. The highest BCUT2D eigenvalue weighted by molar-refractivity contribution is 6.22. The summed E-state index contributed by atoms with van der Waals surface area (Å²) in [6, 6.07) is 42.9. The van der Waals surface area contributed by atoms with Crippen molar-refractivity contribution in [2.24, 2.45) is 0 Å². The largest absolute Gasteiger partial charge is 0.454 e. The Morgan fingerprint density at radius 1 is 0.452 bits per heavy atom. The number of rotatable bonds is 3. The van der Waals surface area contributed by atoms with Crippen molar-refractivity contribution in [3.63, 3.8) is 0 Å². The van der Waals surface area contributed by atoms with E-state index in [2.05, 4.69) is 42.5 Å². The van der Waals surface area contributed by atoms with Gasteiger partial charge >= 0.3 is 0 Å². The van der Waals surface area contributed by atoms with Gasteiger partial charge in [0.05, 0.1) is 22.4 Å². The molecule has 9 aromatic rings. The Kier molecular flexibility index (Phi) is 4.83. The van der Waals surface area contributed by atoms with Crippen molar-refractivity contribution in [2.75, 3.05) is 0 Å². The summed E-state index contributed by atoms with van der Waals surface area (Å²) in [4.78, 5) is 15.0. The molecule has 0 saturated heterocycles. The third-order valence-electron chi connectivity index (χ3n) is 7.89. The van der Waals surface area contributed by atoms with Gasteiger partial charge in [-0.25, -0.2) is 15.0 Å². The van der Waals surface area contributed by atoms with Gasteiger partial charge in [-0.3, -0.25) is 0 Å². The predicted octanol–water partition coefficient (Wildman–Crippen LogP) is 9.82. The Morgan fingerprint density at radius 3 is 1.86 bits per heavy atom. The van der Waals surface area contributed by atoms with Crippen molar-refractivity contribution in [2.45, 2.75) is 0 Å². The van der Waals surface area contributed by atoms with E-state index in [1.54, 1.807) is 0 Å². The van der Waals surface area contributed by atoms with E-state index >= 15 is 0 Å². The quantitative estimate of drug-likeness (QED) is 0.224. The number of hydrogen-bond donors (Lipinski definition) is 0. The first-order valence-corrected chi connectivity index (χ1v) is 13.9. The van der Waals surface area contributed by atoms with Crippen LogP contribution in [0.2, 0.25) is 0 Å². The van der Waals surface area contributed by atoms with Crippen molar-refractivity contribution in [1.29, 1.82) is 0 Å². The molecule has 0 spiro atoms. The SMILES string of the molecule is c1ccc(-c2nc3c(ccc4c3oc3ccc5cc(-c6nc7ccccc7nc6-c6ccccc6)ccc5c34)o2)cc1. The van der Waals surface area contributed by atoms with Crippen molar-refractivity contribution < 1.29 is 8.83 Å². The van der Waals surface area contributed by atoms with E-state index in [9.17, 15) is 0 Å². The van der Waals surface area contributed by atoms with Crippen LogP contribution in [0.5, 0.6) is 0 Å². The van der Waals surface area contributed by atoms with Crippen LogP contribution in [0.1, 0.15) is 0 Å². The summed E-state index contributed by atoms with van der Waals surface area (Å²) in [7, 11) is 0. The molecule has 0 aliphatic heterocycles. The molecule has 42 heavy (non-hydrogen) atoms. The Bertz CT molecular complexity index is 2460. The molecule has 0 atom stereocenters. The molecule has 0 fully saturated rings. The number of fused-ring (bicyclic) bond motifs is 8. The molecule has 9 rings (SSSR count). The second-order valence-corrected chi connectivity index (χ2v) is 10.4. The topological polar surface area (TPSA) is 65.0 Å². The molecule has 0 amide bonds. The zero-order valence-corrected chi connectivity index (χ0v) is 22.3. The normalized spacial score (nSPS) is 11.8. The monoisotopic (exact) mass is 539 g/mol. The van der Waals surface area contributed by atoms with Crippen LogP contribution in [0.4, 0.5) is 0 Å². The summed E-state index contributed by atoms with van der Waals surface area (Å²) in [6.07, 6.45) is 0. The lowest BCUT2D eigenvalue weighted by Crippen LogP contribution is -1.95. The fourth-order valence-corrected chi connectivity index (χ4v) is 5.90. The first kappa shape index (κ1) is 22.9. The van der Waals surface area contributed by atoms with Crippen LogP contribution in [-0.4, -0.2) is 15.0 Å². The minimum absolute atomic E-state index is 0.582. The number of hydrogen-bond acceptors (Lipinski definition) is 5. The maximum absolute atomic E-state index is 6.42. The van der Waals surface area contributed by atoms with E-state index in [1.807, 2.05) is 84.9 Å². The molecule has 0 saturated carbocycles. The third-order valence-corrected chi connectivity index (χ3v) is 7.89. The minimum Gasteiger partial charge on any atom is -0.454 e. The van der Waals surface area contributed by atoms with Gasteiger partial charge in [-0.05, 0) is 59.3 Å². The lowest BCUT2D eigenvalue weighted by molar-refractivity contribution is 0.620. The molecule has 3 heterocycles. The van der Waals surface area contributed by atoms with E-state index in [4.69, 9.17) is 23.8 Å². The molecular formula is C37H21N3O2. The maximum atomic E-state index is 6.42. The van der Waals surface area contributed by atoms with E-state index < -0.39 is 0 Å². The van der Waals surface area contributed by atoms with Gasteiger partial charge in [0.2, 0.25) is 5.89 Å². The molecule has 5 nitrogen and oxygen atoms in total. The minimum atomic E-state index is 0.582. The smallest absolute Gasteiger partial charge is 0.227 e. The standard InChI is InChI=1S/C37H21N3O2/c1-3-9-22(10-4-1)33-34(39-29-14-8-7-13-28(29)38-33)25-15-17-26-24(21-25)16-19-30-32(26)27-18-20-31-35(36(27)41-30)40-37(42-31)23-11-5-2-6-12-23/h1-21H. The van der Waals surface area contributed by atoms with Gasteiger partial charge < -0.3 is 8.83 Å². The molecule has 0 unspecified atom stereocenters. The number of para-hydroxylation sites is 2. The number of oxazole rings is 1. The van der Waals surface area contributed by atoms with E-state index in [0.717, 1.165) is 77.3 Å². The van der Waals surface area contributed by atoms with Crippen LogP contribution in [0.3, 0.4) is 0 Å². The molecule has 0 aliphatic rings. The second kappa shape index (κ2) is 8.85. The zero-order chi connectivity index (χ0) is 27.6. The Hall–Kier alpha value is -5.81. The van der Waals surface area contributed by atoms with Gasteiger partial charge in [0.1, 0.15) is 5.58 Å². The molecule has 3 aromatic heterocycles. The Balaban J connectivity index is 1.25. The number of furan rings is 1. The highest BCUT2D eigenvalue weighted by atomic mass is 16.4. The summed E-state index contributed by atoms with van der Waals surface area (Å²) in [5, 5.41) is 4.28. The highest BCUT2D eigenvalue weighted by Crippen LogP contribution is 2.40. The zero-order valence-electron chi connectivity index (χ0n) is 22.3. The molecule has 0 aliphatic carbocycles. The summed E-state index contributed by atoms with van der Waals surface area (Å²) in [5.74, 6) is 0.582. The van der Waals surface area contributed by atoms with Crippen LogP contribution in [0, 0.1) is 0 Å². The summed E-state index contributed by atoms with van der Waals surface area (Å²) < 4.78 is 12.5. The molecule has 6 aromatic carbocycles. The lowest BCUT2D eigenvalue weighted by atomic mass is 9.98. The third kappa shape index (κ3) is 3.47. The molecule has 5 heteroatoms. The van der Waals surface area contributed by atoms with Crippen LogP contribution in [-0.2, 0) is 0 Å². The van der Waals surface area contributed by atoms with Crippen molar-refractivity contribution in [3.05, 3.63) is 127 Å². The van der Waals surface area contributed by atoms with Crippen LogP contribution in [0.25, 0.3) is 88.8 Å². The molecule has 196 valence electrons.